The summed E-state index contributed by atoms with van der Waals surface area (Å²) in [6.45, 7) is 5.19. The van der Waals surface area contributed by atoms with E-state index in [-0.39, 0.29) is 0 Å². The minimum Gasteiger partial charge on any atom is -0.385 e. The number of aryl methyl sites for hydroxylation is 1. The van der Waals surface area contributed by atoms with Crippen LogP contribution in [-0.2, 0) is 18.3 Å². The molecule has 7 nitrogen and oxygen atoms in total. The number of ether oxygens (including phenoxy) is 1. The molecule has 2 N–H and O–H groups in total. The van der Waals surface area contributed by atoms with Crippen LogP contribution in [-0.4, -0.2) is 59.5 Å². The third-order valence-electron chi connectivity index (χ3n) is 5.51. The van der Waals surface area contributed by atoms with Crippen molar-refractivity contribution >= 4 is 17.7 Å². The number of aliphatic imine (C=N–C) groups is 1. The summed E-state index contributed by atoms with van der Waals surface area (Å²) in [5.41, 5.74) is 0.332. The molecule has 1 aromatic heterocycles. The normalized spacial score (nSPS) is 16.7. The first-order valence-corrected chi connectivity index (χ1v) is 11.3. The summed E-state index contributed by atoms with van der Waals surface area (Å²) >= 11 is 1.87. The van der Waals surface area contributed by atoms with Gasteiger partial charge in [-0.15, -0.1) is 10.2 Å². The molecule has 0 bridgehead atoms. The Labute approximate surface area is 168 Å². The molecule has 1 saturated carbocycles. The van der Waals surface area contributed by atoms with Crippen LogP contribution in [0.5, 0.6) is 0 Å². The van der Waals surface area contributed by atoms with Gasteiger partial charge in [0.1, 0.15) is 12.4 Å². The first kappa shape index (κ1) is 22.0. The molecule has 0 amide bonds. The van der Waals surface area contributed by atoms with Crippen molar-refractivity contribution in [1.82, 2.24) is 25.4 Å². The average molecular weight is 397 g/mol. The molecular formula is C19H36N6OS. The van der Waals surface area contributed by atoms with E-state index in [4.69, 9.17) is 9.73 Å². The first-order valence-electron chi connectivity index (χ1n) is 9.95. The van der Waals surface area contributed by atoms with Gasteiger partial charge in [-0.05, 0) is 50.0 Å². The molecular weight excluding hydrogens is 360 g/mol. The van der Waals surface area contributed by atoms with Crippen LogP contribution in [0.4, 0.5) is 0 Å². The highest BCUT2D eigenvalue weighted by Crippen LogP contribution is 2.40. The summed E-state index contributed by atoms with van der Waals surface area (Å²) in [5, 5.41) is 15.4. The maximum atomic E-state index is 5.35. The number of nitrogens with one attached hydrogen (secondary N) is 2. The maximum absolute atomic E-state index is 5.35. The molecule has 0 atom stereocenters. The highest BCUT2D eigenvalue weighted by molar-refractivity contribution is 7.98. The van der Waals surface area contributed by atoms with E-state index in [1.807, 2.05) is 30.3 Å². The van der Waals surface area contributed by atoms with Crippen LogP contribution in [0, 0.1) is 12.3 Å². The number of nitrogens with zero attached hydrogens (tertiary/aromatic N) is 4. The molecule has 0 radical (unpaired) electrons. The predicted octanol–water partition coefficient (Wildman–Crippen LogP) is 2.51. The van der Waals surface area contributed by atoms with Gasteiger partial charge in [-0.25, -0.2) is 4.99 Å². The number of aromatic nitrogens is 3. The number of thioether (sulfide) groups is 1. The zero-order valence-electron chi connectivity index (χ0n) is 17.4. The van der Waals surface area contributed by atoms with Gasteiger partial charge in [0.2, 0.25) is 0 Å². The molecule has 154 valence electrons. The lowest BCUT2D eigenvalue weighted by Crippen LogP contribution is -2.43. The lowest BCUT2D eigenvalue weighted by atomic mass is 9.83. The largest absolute Gasteiger partial charge is 0.385 e. The van der Waals surface area contributed by atoms with E-state index in [1.165, 1.54) is 25.7 Å². The molecule has 0 spiro atoms. The van der Waals surface area contributed by atoms with Gasteiger partial charge < -0.3 is 19.9 Å². The number of methoxy groups -OCH3 is 1. The fraction of sp³-hybridized carbons (Fsp3) is 0.842. The van der Waals surface area contributed by atoms with Crippen molar-refractivity contribution in [2.24, 2.45) is 17.5 Å². The summed E-state index contributed by atoms with van der Waals surface area (Å²) in [7, 11) is 3.77. The van der Waals surface area contributed by atoms with Gasteiger partial charge in [0, 0.05) is 33.9 Å². The van der Waals surface area contributed by atoms with E-state index >= 15 is 0 Å². The molecule has 1 aromatic rings. The Hall–Kier alpha value is -1.28. The number of rotatable bonds is 11. The molecule has 0 aromatic carbocycles. The van der Waals surface area contributed by atoms with Crippen molar-refractivity contribution in [1.29, 1.82) is 0 Å². The van der Waals surface area contributed by atoms with Gasteiger partial charge >= 0.3 is 0 Å². The Morgan fingerprint density at radius 2 is 2.07 bits per heavy atom. The Kier molecular flexibility index (Phi) is 9.41. The summed E-state index contributed by atoms with van der Waals surface area (Å²) in [6, 6.07) is 0. The predicted molar refractivity (Wildman–Crippen MR) is 113 cm³/mol. The molecule has 2 rings (SSSR count). The van der Waals surface area contributed by atoms with Gasteiger partial charge in [-0.3, -0.25) is 0 Å². The lowest BCUT2D eigenvalue weighted by Gasteiger charge is -2.30. The SMILES string of the molecule is COCCC1(CNC(=NCc2nnc(C)n2C)NCCCSC)CCCC1. The quantitative estimate of drug-likeness (QED) is 0.340. The second kappa shape index (κ2) is 11.5. The van der Waals surface area contributed by atoms with Crippen molar-refractivity contribution in [3.63, 3.8) is 0 Å². The van der Waals surface area contributed by atoms with E-state index in [0.717, 1.165) is 55.9 Å². The fourth-order valence-corrected chi connectivity index (χ4v) is 4.00. The molecule has 0 saturated heterocycles. The maximum Gasteiger partial charge on any atom is 0.191 e. The van der Waals surface area contributed by atoms with Crippen LogP contribution in [0.2, 0.25) is 0 Å². The zero-order chi connectivity index (χ0) is 19.5. The van der Waals surface area contributed by atoms with Crippen LogP contribution in [0.1, 0.15) is 50.2 Å². The van der Waals surface area contributed by atoms with Crippen molar-refractivity contribution < 1.29 is 4.74 Å². The van der Waals surface area contributed by atoms with Gasteiger partial charge in [-0.2, -0.15) is 11.8 Å². The summed E-state index contributed by atoms with van der Waals surface area (Å²) < 4.78 is 7.35. The van der Waals surface area contributed by atoms with E-state index < -0.39 is 0 Å². The van der Waals surface area contributed by atoms with Gasteiger partial charge in [0.15, 0.2) is 11.8 Å². The van der Waals surface area contributed by atoms with E-state index in [0.29, 0.717) is 12.0 Å². The molecule has 1 aliphatic rings. The molecule has 1 fully saturated rings. The minimum atomic E-state index is 0.332. The summed E-state index contributed by atoms with van der Waals surface area (Å²) in [6.07, 6.45) is 9.55. The summed E-state index contributed by atoms with van der Waals surface area (Å²) in [5.74, 6) is 3.82. The molecule has 0 aliphatic heterocycles. The van der Waals surface area contributed by atoms with Crippen molar-refractivity contribution in [3.8, 4) is 0 Å². The van der Waals surface area contributed by atoms with Crippen LogP contribution in [0.15, 0.2) is 4.99 Å². The number of hydrogen-bond acceptors (Lipinski definition) is 5. The Bertz CT molecular complexity index is 583. The van der Waals surface area contributed by atoms with Crippen LogP contribution >= 0.6 is 11.8 Å². The fourth-order valence-electron chi connectivity index (χ4n) is 3.57. The Balaban J connectivity index is 1.97. The topological polar surface area (TPSA) is 76.4 Å². The van der Waals surface area contributed by atoms with Crippen LogP contribution in [0.25, 0.3) is 0 Å². The summed E-state index contributed by atoms with van der Waals surface area (Å²) in [4.78, 5) is 4.77. The van der Waals surface area contributed by atoms with E-state index in [2.05, 4.69) is 27.1 Å². The molecule has 8 heteroatoms. The monoisotopic (exact) mass is 396 g/mol. The second-order valence-corrected chi connectivity index (χ2v) is 8.45. The van der Waals surface area contributed by atoms with Gasteiger partial charge in [0.25, 0.3) is 0 Å². The van der Waals surface area contributed by atoms with Gasteiger partial charge in [0.05, 0.1) is 0 Å². The molecule has 27 heavy (non-hydrogen) atoms. The lowest BCUT2D eigenvalue weighted by molar-refractivity contribution is 0.138. The van der Waals surface area contributed by atoms with E-state index in [1.54, 1.807) is 7.11 Å². The number of guanidine groups is 1. The first-order chi connectivity index (χ1) is 13.1. The highest BCUT2D eigenvalue weighted by Gasteiger charge is 2.33. The highest BCUT2D eigenvalue weighted by atomic mass is 32.2. The Morgan fingerprint density at radius 1 is 1.30 bits per heavy atom. The average Bonchev–Trinajstić information content (AvgIpc) is 3.27. The minimum absolute atomic E-state index is 0.332. The van der Waals surface area contributed by atoms with Crippen LogP contribution in [0.3, 0.4) is 0 Å². The standard InChI is InChI=1S/C19H36N6OS/c1-16-23-24-17(25(16)2)14-21-18(20-11-7-13-27-4)22-15-19(10-12-26-3)8-5-6-9-19/h5-15H2,1-4H3,(H2,20,21,22). The smallest absolute Gasteiger partial charge is 0.191 e. The van der Waals surface area contributed by atoms with Crippen molar-refractivity contribution in [2.75, 3.05) is 38.8 Å². The molecule has 1 aliphatic carbocycles. The van der Waals surface area contributed by atoms with E-state index in [9.17, 15) is 0 Å². The van der Waals surface area contributed by atoms with Crippen molar-refractivity contribution in [2.45, 2.75) is 52.0 Å². The molecule has 0 unspecified atom stereocenters. The third-order valence-corrected chi connectivity index (χ3v) is 6.21. The van der Waals surface area contributed by atoms with Crippen molar-refractivity contribution in [3.05, 3.63) is 11.6 Å². The third kappa shape index (κ3) is 6.99. The Morgan fingerprint density at radius 3 is 2.70 bits per heavy atom. The van der Waals surface area contributed by atoms with Crippen LogP contribution < -0.4 is 10.6 Å². The second-order valence-electron chi connectivity index (χ2n) is 7.46. The zero-order valence-corrected chi connectivity index (χ0v) is 18.2. The van der Waals surface area contributed by atoms with Gasteiger partial charge in [-0.1, -0.05) is 12.8 Å². The number of hydrogen-bond donors (Lipinski definition) is 2. The molecule has 1 heterocycles.